The number of ether oxygens (including phenoxy) is 1. The number of hydrogen-bond acceptors (Lipinski definition) is 5. The van der Waals surface area contributed by atoms with Gasteiger partial charge in [0.15, 0.2) is 0 Å². The van der Waals surface area contributed by atoms with Gasteiger partial charge < -0.3 is 4.74 Å². The van der Waals surface area contributed by atoms with Crippen LogP contribution in [0.15, 0.2) is 66.1 Å². The molecule has 0 bridgehead atoms. The Kier molecular flexibility index (Phi) is 3.61. The fourth-order valence-electron chi connectivity index (χ4n) is 1.84. The lowest BCUT2D eigenvalue weighted by Crippen LogP contribution is -1.97. The van der Waals surface area contributed by atoms with Crippen LogP contribution in [0.4, 0.5) is 0 Å². The SMILES string of the molecule is O=S(=O)(O)c1ccc(Oc2ccc(-n3cnnc3)cc2)cc1. The zero-order valence-electron chi connectivity index (χ0n) is 11.2. The summed E-state index contributed by atoms with van der Waals surface area (Å²) in [4.78, 5) is -0.178. The molecular formula is C14H11N3O4S. The van der Waals surface area contributed by atoms with Crippen molar-refractivity contribution in [3.05, 3.63) is 61.2 Å². The van der Waals surface area contributed by atoms with Gasteiger partial charge in [-0.05, 0) is 48.5 Å². The van der Waals surface area contributed by atoms with Gasteiger partial charge >= 0.3 is 0 Å². The topological polar surface area (TPSA) is 94.3 Å². The smallest absolute Gasteiger partial charge is 0.294 e. The van der Waals surface area contributed by atoms with Crippen molar-refractivity contribution in [3.8, 4) is 17.2 Å². The van der Waals surface area contributed by atoms with E-state index < -0.39 is 10.1 Å². The molecule has 0 radical (unpaired) electrons. The van der Waals surface area contributed by atoms with Crippen molar-refractivity contribution in [1.82, 2.24) is 14.8 Å². The first-order chi connectivity index (χ1) is 10.5. The number of rotatable bonds is 4. The Morgan fingerprint density at radius 2 is 1.36 bits per heavy atom. The lowest BCUT2D eigenvalue weighted by Gasteiger charge is -2.07. The fourth-order valence-corrected chi connectivity index (χ4v) is 2.32. The van der Waals surface area contributed by atoms with Crippen LogP contribution in [0.1, 0.15) is 0 Å². The molecule has 0 unspecified atom stereocenters. The average Bonchev–Trinajstić information content (AvgIpc) is 3.02. The van der Waals surface area contributed by atoms with Crippen LogP contribution in [-0.2, 0) is 10.1 Å². The molecule has 0 saturated heterocycles. The highest BCUT2D eigenvalue weighted by Crippen LogP contribution is 2.23. The summed E-state index contributed by atoms with van der Waals surface area (Å²) < 4.78 is 38.2. The van der Waals surface area contributed by atoms with Crippen molar-refractivity contribution < 1.29 is 17.7 Å². The molecule has 0 aliphatic rings. The maximum atomic E-state index is 11.0. The Morgan fingerprint density at radius 3 is 1.86 bits per heavy atom. The molecule has 3 aromatic rings. The van der Waals surface area contributed by atoms with E-state index in [0.717, 1.165) is 5.69 Å². The quantitative estimate of drug-likeness (QED) is 0.742. The van der Waals surface area contributed by atoms with Crippen LogP contribution in [0.25, 0.3) is 5.69 Å². The maximum absolute atomic E-state index is 11.0. The predicted octanol–water partition coefficient (Wildman–Crippen LogP) is 2.31. The van der Waals surface area contributed by atoms with Crippen LogP contribution in [0.3, 0.4) is 0 Å². The van der Waals surface area contributed by atoms with Crippen LogP contribution in [0.2, 0.25) is 0 Å². The Labute approximate surface area is 126 Å². The van der Waals surface area contributed by atoms with Gasteiger partial charge in [0.2, 0.25) is 0 Å². The summed E-state index contributed by atoms with van der Waals surface area (Å²) in [6.45, 7) is 0. The van der Waals surface area contributed by atoms with E-state index in [1.807, 2.05) is 12.1 Å². The van der Waals surface area contributed by atoms with Gasteiger partial charge in [-0.1, -0.05) is 0 Å². The molecule has 3 rings (SSSR count). The molecule has 1 N–H and O–H groups in total. The van der Waals surface area contributed by atoms with E-state index in [0.29, 0.717) is 11.5 Å². The zero-order chi connectivity index (χ0) is 15.6. The van der Waals surface area contributed by atoms with Gasteiger partial charge in [0, 0.05) is 5.69 Å². The van der Waals surface area contributed by atoms with Gasteiger partial charge in [-0.15, -0.1) is 10.2 Å². The van der Waals surface area contributed by atoms with E-state index in [4.69, 9.17) is 9.29 Å². The third-order valence-corrected chi connectivity index (χ3v) is 3.78. The molecule has 8 heteroatoms. The molecule has 0 amide bonds. The minimum absolute atomic E-state index is 0.178. The third kappa shape index (κ3) is 3.13. The molecule has 22 heavy (non-hydrogen) atoms. The van der Waals surface area contributed by atoms with Crippen molar-refractivity contribution in [2.24, 2.45) is 0 Å². The van der Waals surface area contributed by atoms with Crippen molar-refractivity contribution in [3.63, 3.8) is 0 Å². The van der Waals surface area contributed by atoms with Crippen molar-refractivity contribution in [1.29, 1.82) is 0 Å². The lowest BCUT2D eigenvalue weighted by molar-refractivity contribution is 0.478. The van der Waals surface area contributed by atoms with Gasteiger partial charge in [-0.3, -0.25) is 9.12 Å². The summed E-state index contributed by atoms with van der Waals surface area (Å²) >= 11 is 0. The van der Waals surface area contributed by atoms with Crippen molar-refractivity contribution >= 4 is 10.1 Å². The molecular weight excluding hydrogens is 306 g/mol. The average molecular weight is 317 g/mol. The Morgan fingerprint density at radius 1 is 0.864 bits per heavy atom. The molecule has 0 atom stereocenters. The van der Waals surface area contributed by atoms with E-state index in [2.05, 4.69) is 10.2 Å². The molecule has 7 nitrogen and oxygen atoms in total. The molecule has 1 heterocycles. The Hall–Kier alpha value is -2.71. The minimum atomic E-state index is -4.19. The van der Waals surface area contributed by atoms with Gasteiger partial charge in [-0.2, -0.15) is 8.42 Å². The summed E-state index contributed by atoms with van der Waals surface area (Å²) in [5, 5.41) is 7.46. The normalized spacial score (nSPS) is 11.3. The van der Waals surface area contributed by atoms with E-state index in [1.54, 1.807) is 29.4 Å². The monoisotopic (exact) mass is 317 g/mol. The van der Waals surface area contributed by atoms with E-state index in [9.17, 15) is 8.42 Å². The second-order valence-electron chi connectivity index (χ2n) is 4.41. The first kappa shape index (κ1) is 14.2. The Bertz CT molecular complexity index is 857. The highest BCUT2D eigenvalue weighted by Gasteiger charge is 2.09. The summed E-state index contributed by atoms with van der Waals surface area (Å²) in [5.41, 5.74) is 0.888. The van der Waals surface area contributed by atoms with E-state index in [-0.39, 0.29) is 4.90 Å². The molecule has 1 aromatic heterocycles. The predicted molar refractivity (Wildman–Crippen MR) is 77.7 cm³/mol. The number of aromatic nitrogens is 3. The highest BCUT2D eigenvalue weighted by atomic mass is 32.2. The van der Waals surface area contributed by atoms with Crippen LogP contribution in [-0.4, -0.2) is 27.7 Å². The van der Waals surface area contributed by atoms with Crippen LogP contribution >= 0.6 is 0 Å². The standard InChI is InChI=1S/C14H11N3O4S/c18-22(19,20)14-7-5-13(6-8-14)21-12-3-1-11(2-4-12)17-9-15-16-10-17/h1-10H,(H,18,19,20). The Balaban J connectivity index is 1.76. The minimum Gasteiger partial charge on any atom is -0.457 e. The maximum Gasteiger partial charge on any atom is 0.294 e. The van der Waals surface area contributed by atoms with Gasteiger partial charge in [0.1, 0.15) is 24.2 Å². The molecule has 0 fully saturated rings. The second kappa shape index (κ2) is 5.58. The number of hydrogen-bond donors (Lipinski definition) is 1. The van der Waals surface area contributed by atoms with Gasteiger partial charge in [0.25, 0.3) is 10.1 Å². The molecule has 0 aliphatic heterocycles. The van der Waals surface area contributed by atoms with Crippen molar-refractivity contribution in [2.75, 3.05) is 0 Å². The summed E-state index contributed by atoms with van der Waals surface area (Å²) in [6, 6.07) is 12.7. The number of benzene rings is 2. The fraction of sp³-hybridized carbons (Fsp3) is 0. The molecule has 0 saturated carbocycles. The van der Waals surface area contributed by atoms with Crippen LogP contribution in [0, 0.1) is 0 Å². The lowest BCUT2D eigenvalue weighted by atomic mass is 10.3. The number of nitrogens with zero attached hydrogens (tertiary/aromatic N) is 3. The summed E-state index contributed by atoms with van der Waals surface area (Å²) in [5.74, 6) is 1.06. The molecule has 0 aliphatic carbocycles. The molecule has 2 aromatic carbocycles. The highest BCUT2D eigenvalue weighted by molar-refractivity contribution is 7.85. The molecule has 0 spiro atoms. The van der Waals surface area contributed by atoms with Crippen LogP contribution in [0.5, 0.6) is 11.5 Å². The van der Waals surface area contributed by atoms with Gasteiger partial charge in [-0.25, -0.2) is 0 Å². The molecule has 112 valence electrons. The van der Waals surface area contributed by atoms with E-state index >= 15 is 0 Å². The largest absolute Gasteiger partial charge is 0.457 e. The van der Waals surface area contributed by atoms with Crippen LogP contribution < -0.4 is 4.74 Å². The van der Waals surface area contributed by atoms with E-state index in [1.165, 1.54) is 24.3 Å². The van der Waals surface area contributed by atoms with Crippen molar-refractivity contribution in [2.45, 2.75) is 4.90 Å². The summed E-state index contributed by atoms with van der Waals surface area (Å²) in [7, 11) is -4.19. The summed E-state index contributed by atoms with van der Waals surface area (Å²) in [6.07, 6.45) is 3.17. The first-order valence-corrected chi connectivity index (χ1v) is 7.67. The first-order valence-electron chi connectivity index (χ1n) is 6.23. The third-order valence-electron chi connectivity index (χ3n) is 2.91. The van der Waals surface area contributed by atoms with Gasteiger partial charge in [0.05, 0.1) is 4.90 Å². The zero-order valence-corrected chi connectivity index (χ0v) is 12.0. The second-order valence-corrected chi connectivity index (χ2v) is 5.83.